The monoisotopic (exact) mass is 391 g/mol. The molecule has 1 unspecified atom stereocenters. The number of amides is 1. The van der Waals surface area contributed by atoms with Crippen molar-refractivity contribution in [3.8, 4) is 0 Å². The number of hydrogen-bond acceptors (Lipinski definition) is 4. The molecule has 2 aromatic carbocycles. The molecule has 0 saturated heterocycles. The van der Waals surface area contributed by atoms with Gasteiger partial charge < -0.3 is 9.73 Å². The number of carbonyl (C=O) groups is 1. The predicted octanol–water partition coefficient (Wildman–Crippen LogP) is 4.88. The zero-order valence-electron chi connectivity index (χ0n) is 17.6. The van der Waals surface area contributed by atoms with Gasteiger partial charge in [0.2, 0.25) is 5.89 Å². The van der Waals surface area contributed by atoms with Crippen LogP contribution in [0.15, 0.2) is 65.3 Å². The molecule has 29 heavy (non-hydrogen) atoms. The second-order valence-corrected chi connectivity index (χ2v) is 7.72. The highest BCUT2D eigenvalue weighted by atomic mass is 16.3. The number of benzene rings is 2. The van der Waals surface area contributed by atoms with E-state index in [1.54, 1.807) is 0 Å². The molecular formula is C24H29N3O2. The van der Waals surface area contributed by atoms with Crippen molar-refractivity contribution in [2.45, 2.75) is 52.9 Å². The second-order valence-electron chi connectivity index (χ2n) is 7.72. The number of nitrogens with zero attached hydrogens (tertiary/aromatic N) is 2. The third-order valence-electron chi connectivity index (χ3n) is 5.01. The Balaban J connectivity index is 1.63. The zero-order valence-corrected chi connectivity index (χ0v) is 17.6. The molecule has 0 aliphatic carbocycles. The van der Waals surface area contributed by atoms with Crippen LogP contribution in [0.2, 0.25) is 0 Å². The molecule has 0 bridgehead atoms. The van der Waals surface area contributed by atoms with Gasteiger partial charge in [-0.1, -0.05) is 60.2 Å². The normalized spacial score (nSPS) is 12.3. The molecule has 1 atom stereocenters. The fourth-order valence-corrected chi connectivity index (χ4v) is 3.11. The largest absolute Gasteiger partial charge is 0.447 e. The van der Waals surface area contributed by atoms with E-state index in [0.717, 1.165) is 12.1 Å². The highest BCUT2D eigenvalue weighted by Gasteiger charge is 2.18. The predicted molar refractivity (Wildman–Crippen MR) is 114 cm³/mol. The first kappa shape index (κ1) is 20.8. The van der Waals surface area contributed by atoms with E-state index in [9.17, 15) is 4.79 Å². The topological polar surface area (TPSA) is 58.4 Å². The molecule has 0 spiro atoms. The summed E-state index contributed by atoms with van der Waals surface area (Å²) in [6.07, 6.45) is 1.44. The van der Waals surface area contributed by atoms with Gasteiger partial charge in [0.25, 0.3) is 5.91 Å². The first-order valence-electron chi connectivity index (χ1n) is 10.0. The third-order valence-corrected chi connectivity index (χ3v) is 5.01. The molecule has 0 aliphatic heterocycles. The van der Waals surface area contributed by atoms with Crippen LogP contribution in [0.1, 0.15) is 59.9 Å². The van der Waals surface area contributed by atoms with Gasteiger partial charge in [-0.25, -0.2) is 4.98 Å². The number of rotatable bonds is 8. The fraction of sp³-hybridized carbons (Fsp3) is 0.333. The van der Waals surface area contributed by atoms with Gasteiger partial charge >= 0.3 is 0 Å². The SMILES string of the molecule is Cc1ccc(CN(Cc2nc(C(=O)NC(C)c3ccccc3)co2)C(C)C)cc1. The van der Waals surface area contributed by atoms with Gasteiger partial charge in [0.15, 0.2) is 5.69 Å². The maximum absolute atomic E-state index is 12.5. The van der Waals surface area contributed by atoms with Gasteiger partial charge in [-0.15, -0.1) is 0 Å². The maximum atomic E-state index is 12.5. The minimum Gasteiger partial charge on any atom is -0.447 e. The third kappa shape index (κ3) is 5.78. The molecule has 0 fully saturated rings. The summed E-state index contributed by atoms with van der Waals surface area (Å²) in [7, 11) is 0. The van der Waals surface area contributed by atoms with Crippen molar-refractivity contribution in [2.24, 2.45) is 0 Å². The van der Waals surface area contributed by atoms with Crippen LogP contribution in [0.5, 0.6) is 0 Å². The van der Waals surface area contributed by atoms with Crippen LogP contribution >= 0.6 is 0 Å². The Morgan fingerprint density at radius 1 is 1.03 bits per heavy atom. The van der Waals surface area contributed by atoms with E-state index in [1.165, 1.54) is 17.4 Å². The Bertz CT molecular complexity index is 917. The molecular weight excluding hydrogens is 362 g/mol. The smallest absolute Gasteiger partial charge is 0.273 e. The van der Waals surface area contributed by atoms with Gasteiger partial charge in [0.1, 0.15) is 6.26 Å². The molecule has 1 heterocycles. The molecule has 5 nitrogen and oxygen atoms in total. The van der Waals surface area contributed by atoms with E-state index in [-0.39, 0.29) is 11.9 Å². The summed E-state index contributed by atoms with van der Waals surface area (Å²) in [5.74, 6) is 0.314. The maximum Gasteiger partial charge on any atom is 0.273 e. The number of oxazole rings is 1. The molecule has 1 N–H and O–H groups in total. The minimum atomic E-state index is -0.231. The van der Waals surface area contributed by atoms with Gasteiger partial charge in [-0.05, 0) is 38.8 Å². The van der Waals surface area contributed by atoms with Crippen LogP contribution in [0, 0.1) is 6.92 Å². The molecule has 0 aliphatic rings. The molecule has 3 rings (SSSR count). The first-order valence-corrected chi connectivity index (χ1v) is 10.0. The van der Waals surface area contributed by atoms with Gasteiger partial charge in [-0.3, -0.25) is 9.69 Å². The van der Waals surface area contributed by atoms with E-state index in [4.69, 9.17) is 4.42 Å². The van der Waals surface area contributed by atoms with Gasteiger partial charge in [0.05, 0.1) is 12.6 Å². The number of aromatic nitrogens is 1. The summed E-state index contributed by atoms with van der Waals surface area (Å²) in [6, 6.07) is 18.6. The molecule has 1 aromatic heterocycles. The summed E-state index contributed by atoms with van der Waals surface area (Å²) in [5, 5.41) is 2.97. The van der Waals surface area contributed by atoms with E-state index >= 15 is 0 Å². The summed E-state index contributed by atoms with van der Waals surface area (Å²) < 4.78 is 5.60. The van der Waals surface area contributed by atoms with Crippen LogP contribution in [-0.2, 0) is 13.1 Å². The zero-order chi connectivity index (χ0) is 20.8. The lowest BCUT2D eigenvalue weighted by Crippen LogP contribution is -2.30. The van der Waals surface area contributed by atoms with Crippen LogP contribution in [0.3, 0.4) is 0 Å². The summed E-state index contributed by atoms with van der Waals surface area (Å²) in [6.45, 7) is 9.68. The summed E-state index contributed by atoms with van der Waals surface area (Å²) in [5.41, 5.74) is 3.85. The highest BCUT2D eigenvalue weighted by Crippen LogP contribution is 2.15. The van der Waals surface area contributed by atoms with Crippen LogP contribution < -0.4 is 5.32 Å². The van der Waals surface area contributed by atoms with Gasteiger partial charge in [-0.2, -0.15) is 0 Å². The standard InChI is InChI=1S/C24H29N3O2/c1-17(2)27(14-20-12-10-18(3)11-13-20)15-23-26-22(16-29-23)24(28)25-19(4)21-8-6-5-7-9-21/h5-13,16-17,19H,14-15H2,1-4H3,(H,25,28). The average molecular weight is 392 g/mol. The van der Waals surface area contributed by atoms with Crippen molar-refractivity contribution in [1.29, 1.82) is 0 Å². The Hall–Kier alpha value is -2.92. The van der Waals surface area contributed by atoms with Crippen LogP contribution in [0.25, 0.3) is 0 Å². The molecule has 5 heteroatoms. The lowest BCUT2D eigenvalue weighted by Gasteiger charge is -2.25. The quantitative estimate of drug-likeness (QED) is 0.594. The number of nitrogens with one attached hydrogen (secondary N) is 1. The van der Waals surface area contributed by atoms with E-state index in [2.05, 4.69) is 60.2 Å². The lowest BCUT2D eigenvalue weighted by molar-refractivity contribution is 0.0934. The van der Waals surface area contributed by atoms with E-state index in [0.29, 0.717) is 24.2 Å². The summed E-state index contributed by atoms with van der Waals surface area (Å²) >= 11 is 0. The Labute approximate surface area is 172 Å². The number of aryl methyl sites for hydroxylation is 1. The minimum absolute atomic E-state index is 0.0995. The average Bonchev–Trinajstić information content (AvgIpc) is 3.18. The number of hydrogen-bond donors (Lipinski definition) is 1. The van der Waals surface area contributed by atoms with Crippen molar-refractivity contribution in [3.05, 3.63) is 89.1 Å². The lowest BCUT2D eigenvalue weighted by atomic mass is 10.1. The van der Waals surface area contributed by atoms with Crippen LogP contribution in [-0.4, -0.2) is 21.8 Å². The first-order chi connectivity index (χ1) is 13.9. The Morgan fingerprint density at radius 2 is 1.72 bits per heavy atom. The molecule has 1 amide bonds. The van der Waals surface area contributed by atoms with Crippen molar-refractivity contribution in [3.63, 3.8) is 0 Å². The van der Waals surface area contributed by atoms with E-state index in [1.807, 2.05) is 37.3 Å². The Kier molecular flexibility index (Phi) is 6.83. The van der Waals surface area contributed by atoms with Crippen molar-refractivity contribution in [2.75, 3.05) is 0 Å². The van der Waals surface area contributed by atoms with Crippen molar-refractivity contribution in [1.82, 2.24) is 15.2 Å². The van der Waals surface area contributed by atoms with Crippen molar-refractivity contribution >= 4 is 5.91 Å². The summed E-state index contributed by atoms with van der Waals surface area (Å²) in [4.78, 5) is 19.2. The molecule has 0 radical (unpaired) electrons. The van der Waals surface area contributed by atoms with E-state index < -0.39 is 0 Å². The highest BCUT2D eigenvalue weighted by molar-refractivity contribution is 5.92. The van der Waals surface area contributed by atoms with Crippen molar-refractivity contribution < 1.29 is 9.21 Å². The van der Waals surface area contributed by atoms with Crippen LogP contribution in [0.4, 0.5) is 0 Å². The van der Waals surface area contributed by atoms with Gasteiger partial charge in [0, 0.05) is 12.6 Å². The molecule has 0 saturated carbocycles. The second kappa shape index (κ2) is 9.52. The molecule has 152 valence electrons. The molecule has 3 aromatic rings. The fourth-order valence-electron chi connectivity index (χ4n) is 3.11. The Morgan fingerprint density at radius 3 is 2.38 bits per heavy atom. The number of carbonyl (C=O) groups excluding carboxylic acids is 1.